The first-order valence-electron chi connectivity index (χ1n) is 12.9. The average Bonchev–Trinajstić information content (AvgIpc) is 2.90. The van der Waals surface area contributed by atoms with Gasteiger partial charge in [0.1, 0.15) is 23.7 Å². The first kappa shape index (κ1) is 26.8. The first-order chi connectivity index (χ1) is 17.4. The zero-order valence-corrected chi connectivity index (χ0v) is 23.6. The molecule has 2 aliphatic heterocycles. The molecule has 2 saturated heterocycles. The van der Waals surface area contributed by atoms with Crippen LogP contribution in [0.2, 0.25) is 0 Å². The summed E-state index contributed by atoms with van der Waals surface area (Å²) in [6.45, 7) is 4.53. The Morgan fingerprint density at radius 1 is 0.611 bits per heavy atom. The quantitative estimate of drug-likeness (QED) is 0.281. The number of benzene rings is 3. The number of hydrogen-bond donors (Lipinski definition) is 1. The minimum absolute atomic E-state index is 0.351. The van der Waals surface area contributed by atoms with Crippen LogP contribution >= 0.6 is 22.6 Å². The zero-order valence-electron chi connectivity index (χ0n) is 21.4. The van der Waals surface area contributed by atoms with Gasteiger partial charge in [-0.25, -0.2) is 0 Å². The summed E-state index contributed by atoms with van der Waals surface area (Å²) in [7, 11) is 4.33. The summed E-state index contributed by atoms with van der Waals surface area (Å²) in [5, 5.41) is 0. The molecule has 0 aliphatic carbocycles. The Bertz CT molecular complexity index is 1040. The molecule has 3 aromatic rings. The molecule has 5 rings (SSSR count). The van der Waals surface area contributed by atoms with Gasteiger partial charge in [0, 0.05) is 35.4 Å². The van der Waals surface area contributed by atoms with Crippen LogP contribution in [0.1, 0.15) is 25.7 Å². The number of hydrogen-bond acceptors (Lipinski definition) is 5. The third-order valence-corrected chi connectivity index (χ3v) is 7.57. The van der Waals surface area contributed by atoms with E-state index in [1.54, 1.807) is 0 Å². The van der Waals surface area contributed by atoms with Crippen molar-refractivity contribution in [2.24, 2.45) is 0 Å². The van der Waals surface area contributed by atoms with E-state index in [0.717, 1.165) is 69.0 Å². The van der Waals surface area contributed by atoms with E-state index in [-0.39, 0.29) is 0 Å². The average molecular weight is 600 g/mol. The Kier molecular flexibility index (Phi) is 9.90. The van der Waals surface area contributed by atoms with E-state index in [1.807, 2.05) is 24.3 Å². The number of rotatable bonds is 5. The molecule has 0 radical (unpaired) electrons. The standard InChI is InChI=1S/C18H22N2O.C12H16INO/c1-20-12-10-18(11-13-20)21-17-8-4-15(5-9-17)14-2-6-16(19)7-3-14;1-14-8-6-12(7-9-14)15-11-4-2-10(13)3-5-11/h2-9,18H,10-13,19H2,1H3;2-5,12H,6-9H2,1H3. The number of likely N-dealkylation sites (tertiary alicyclic amines) is 2. The fourth-order valence-corrected chi connectivity index (χ4v) is 4.86. The topological polar surface area (TPSA) is 51.0 Å². The molecule has 2 fully saturated rings. The Balaban J connectivity index is 0.000000179. The molecule has 2 aliphatic rings. The lowest BCUT2D eigenvalue weighted by Crippen LogP contribution is -2.35. The maximum Gasteiger partial charge on any atom is 0.119 e. The molecule has 0 spiro atoms. The van der Waals surface area contributed by atoms with Gasteiger partial charge in [0.25, 0.3) is 0 Å². The third kappa shape index (κ3) is 8.39. The highest BCUT2D eigenvalue weighted by Gasteiger charge is 2.18. The van der Waals surface area contributed by atoms with Crippen LogP contribution in [-0.4, -0.2) is 62.3 Å². The second-order valence-electron chi connectivity index (χ2n) is 9.84. The van der Waals surface area contributed by atoms with Crippen LogP contribution in [-0.2, 0) is 0 Å². The van der Waals surface area contributed by atoms with E-state index in [4.69, 9.17) is 15.2 Å². The molecule has 2 heterocycles. The molecular weight excluding hydrogens is 561 g/mol. The highest BCUT2D eigenvalue weighted by molar-refractivity contribution is 14.1. The summed E-state index contributed by atoms with van der Waals surface area (Å²) in [5.41, 5.74) is 8.87. The largest absolute Gasteiger partial charge is 0.490 e. The number of anilines is 1. The summed E-state index contributed by atoms with van der Waals surface area (Å²) in [6.07, 6.45) is 5.25. The fraction of sp³-hybridized carbons (Fsp3) is 0.400. The van der Waals surface area contributed by atoms with E-state index >= 15 is 0 Å². The normalized spacial score (nSPS) is 17.8. The number of piperidine rings is 2. The Morgan fingerprint density at radius 3 is 1.39 bits per heavy atom. The van der Waals surface area contributed by atoms with Gasteiger partial charge in [0.05, 0.1) is 0 Å². The molecule has 0 unspecified atom stereocenters. The lowest BCUT2D eigenvalue weighted by Gasteiger charge is -2.29. The summed E-state index contributed by atoms with van der Waals surface area (Å²) in [6, 6.07) is 24.6. The molecule has 0 amide bonds. The summed E-state index contributed by atoms with van der Waals surface area (Å²) >= 11 is 2.31. The van der Waals surface area contributed by atoms with E-state index < -0.39 is 0 Å². The summed E-state index contributed by atoms with van der Waals surface area (Å²) in [4.78, 5) is 4.71. The zero-order chi connectivity index (χ0) is 25.3. The number of nitrogens with zero attached hydrogens (tertiary/aromatic N) is 2. The van der Waals surface area contributed by atoms with Crippen molar-refractivity contribution in [3.8, 4) is 22.6 Å². The second-order valence-corrected chi connectivity index (χ2v) is 11.1. The number of nitrogens with two attached hydrogens (primary N) is 1. The van der Waals surface area contributed by atoms with Crippen LogP contribution in [0, 0.1) is 3.57 Å². The maximum absolute atomic E-state index is 6.07. The predicted octanol–water partition coefficient (Wildman–Crippen LogP) is 6.17. The highest BCUT2D eigenvalue weighted by Crippen LogP contribution is 2.25. The van der Waals surface area contributed by atoms with Crippen molar-refractivity contribution >= 4 is 28.3 Å². The number of nitrogen functional groups attached to an aromatic ring is 1. The molecule has 0 aromatic heterocycles. The van der Waals surface area contributed by atoms with Gasteiger partial charge in [-0.05, 0) is 122 Å². The SMILES string of the molecule is CN1CCC(Oc2ccc(-c3ccc(N)cc3)cc2)CC1.CN1CCC(Oc2ccc(I)cc2)CC1. The van der Waals surface area contributed by atoms with Crippen LogP contribution in [0.25, 0.3) is 11.1 Å². The Labute approximate surface area is 229 Å². The predicted molar refractivity (Wildman–Crippen MR) is 158 cm³/mol. The minimum Gasteiger partial charge on any atom is -0.490 e. The lowest BCUT2D eigenvalue weighted by molar-refractivity contribution is 0.114. The van der Waals surface area contributed by atoms with Crippen molar-refractivity contribution in [1.82, 2.24) is 9.80 Å². The Hall–Kier alpha value is -2.29. The number of ether oxygens (including phenoxy) is 2. The van der Waals surface area contributed by atoms with Gasteiger partial charge < -0.3 is 25.0 Å². The molecule has 36 heavy (non-hydrogen) atoms. The van der Waals surface area contributed by atoms with E-state index in [1.165, 1.54) is 14.7 Å². The van der Waals surface area contributed by atoms with Crippen molar-refractivity contribution in [3.05, 3.63) is 76.4 Å². The Morgan fingerprint density at radius 2 is 0.972 bits per heavy atom. The molecule has 2 N–H and O–H groups in total. The van der Waals surface area contributed by atoms with Gasteiger partial charge in [-0.2, -0.15) is 0 Å². The molecule has 0 atom stereocenters. The maximum atomic E-state index is 6.07. The van der Waals surface area contributed by atoms with Crippen LogP contribution in [0.4, 0.5) is 5.69 Å². The molecule has 0 saturated carbocycles. The fourth-order valence-electron chi connectivity index (χ4n) is 4.51. The molecule has 0 bridgehead atoms. The summed E-state index contributed by atoms with van der Waals surface area (Å²) in [5.74, 6) is 1.97. The molecule has 5 nitrogen and oxygen atoms in total. The van der Waals surface area contributed by atoms with Crippen molar-refractivity contribution in [1.29, 1.82) is 0 Å². The van der Waals surface area contributed by atoms with Gasteiger partial charge >= 0.3 is 0 Å². The van der Waals surface area contributed by atoms with Gasteiger partial charge in [0.2, 0.25) is 0 Å². The van der Waals surface area contributed by atoms with Gasteiger partial charge in [0.15, 0.2) is 0 Å². The van der Waals surface area contributed by atoms with Crippen LogP contribution < -0.4 is 15.2 Å². The van der Waals surface area contributed by atoms with E-state index in [9.17, 15) is 0 Å². The van der Waals surface area contributed by atoms with E-state index in [0.29, 0.717) is 12.2 Å². The monoisotopic (exact) mass is 599 g/mol. The van der Waals surface area contributed by atoms with Crippen molar-refractivity contribution in [3.63, 3.8) is 0 Å². The van der Waals surface area contributed by atoms with Crippen LogP contribution in [0.15, 0.2) is 72.8 Å². The lowest BCUT2D eigenvalue weighted by atomic mass is 10.1. The van der Waals surface area contributed by atoms with Crippen LogP contribution in [0.3, 0.4) is 0 Å². The van der Waals surface area contributed by atoms with Crippen LogP contribution in [0.5, 0.6) is 11.5 Å². The number of halogens is 1. The van der Waals surface area contributed by atoms with Gasteiger partial charge in [-0.1, -0.05) is 24.3 Å². The van der Waals surface area contributed by atoms with Crippen molar-refractivity contribution in [2.45, 2.75) is 37.9 Å². The first-order valence-corrected chi connectivity index (χ1v) is 13.9. The minimum atomic E-state index is 0.351. The molecule has 6 heteroatoms. The van der Waals surface area contributed by atoms with Crippen molar-refractivity contribution in [2.75, 3.05) is 46.0 Å². The molecular formula is C30H38IN3O2. The highest BCUT2D eigenvalue weighted by atomic mass is 127. The smallest absolute Gasteiger partial charge is 0.119 e. The molecule has 192 valence electrons. The summed E-state index contributed by atoms with van der Waals surface area (Å²) < 4.78 is 13.2. The van der Waals surface area contributed by atoms with Crippen molar-refractivity contribution < 1.29 is 9.47 Å². The third-order valence-electron chi connectivity index (χ3n) is 6.85. The van der Waals surface area contributed by atoms with Gasteiger partial charge in [-0.15, -0.1) is 0 Å². The second kappa shape index (κ2) is 13.3. The van der Waals surface area contributed by atoms with E-state index in [2.05, 4.69) is 95.0 Å². The van der Waals surface area contributed by atoms with Gasteiger partial charge in [-0.3, -0.25) is 0 Å². The molecule has 3 aromatic carbocycles.